The molecule has 0 aromatic heterocycles. The highest BCUT2D eigenvalue weighted by Crippen LogP contribution is 2.30. The van der Waals surface area contributed by atoms with Crippen molar-refractivity contribution in [3.05, 3.63) is 0 Å². The smallest absolute Gasteiger partial charge is 0.133 e. The van der Waals surface area contributed by atoms with Crippen molar-refractivity contribution in [3.63, 3.8) is 0 Å². The van der Waals surface area contributed by atoms with Crippen LogP contribution < -0.4 is 0 Å². The minimum atomic E-state index is 0.281. The Morgan fingerprint density at radius 2 is 1.88 bits per heavy atom. The van der Waals surface area contributed by atoms with Gasteiger partial charge in [-0.25, -0.2) is 0 Å². The van der Waals surface area contributed by atoms with Crippen molar-refractivity contribution in [2.24, 2.45) is 5.92 Å². The first-order chi connectivity index (χ1) is 8.15. The number of likely N-dealkylation sites (N-methyl/N-ethyl adjacent to an activating group) is 1. The molecule has 98 valence electrons. The zero-order valence-electron chi connectivity index (χ0n) is 11.0. The fraction of sp³-hybridized carbons (Fsp3) is 0.923. The third kappa shape index (κ3) is 3.76. The Morgan fingerprint density at radius 3 is 2.47 bits per heavy atom. The van der Waals surface area contributed by atoms with Crippen LogP contribution in [0.4, 0.5) is 0 Å². The van der Waals surface area contributed by atoms with Gasteiger partial charge in [-0.05, 0) is 26.8 Å². The summed E-state index contributed by atoms with van der Waals surface area (Å²) in [5, 5.41) is 0. The molecule has 0 unspecified atom stereocenters. The summed E-state index contributed by atoms with van der Waals surface area (Å²) in [6.07, 6.45) is 2.23. The van der Waals surface area contributed by atoms with Gasteiger partial charge >= 0.3 is 0 Å². The van der Waals surface area contributed by atoms with Crippen LogP contribution in [0.2, 0.25) is 0 Å². The van der Waals surface area contributed by atoms with Crippen molar-refractivity contribution in [1.82, 2.24) is 9.80 Å². The highest BCUT2D eigenvalue weighted by molar-refractivity contribution is 5.79. The number of carbonyl (C=O) groups excluding carboxylic acids is 1. The van der Waals surface area contributed by atoms with E-state index in [1.807, 2.05) is 0 Å². The molecule has 1 heterocycles. The van der Waals surface area contributed by atoms with Crippen LogP contribution in [0.1, 0.15) is 19.8 Å². The minimum Gasteiger partial charge on any atom is -0.377 e. The Labute approximate surface area is 104 Å². The molecule has 2 aliphatic rings. The lowest BCUT2D eigenvalue weighted by Crippen LogP contribution is -2.46. The van der Waals surface area contributed by atoms with Crippen molar-refractivity contribution < 1.29 is 9.53 Å². The van der Waals surface area contributed by atoms with Crippen LogP contribution in [0, 0.1) is 5.92 Å². The Morgan fingerprint density at radius 1 is 1.24 bits per heavy atom. The number of nitrogens with zero attached hydrogens (tertiary/aromatic N) is 2. The number of Topliss-reactive ketones (excluding diaryl/α,β-unsaturated/α-hetero) is 1. The van der Waals surface area contributed by atoms with Gasteiger partial charge in [-0.15, -0.1) is 0 Å². The molecule has 17 heavy (non-hydrogen) atoms. The van der Waals surface area contributed by atoms with E-state index < -0.39 is 0 Å². The molecule has 0 aromatic carbocycles. The van der Waals surface area contributed by atoms with Crippen LogP contribution in [0.3, 0.4) is 0 Å². The Kier molecular flexibility index (Phi) is 4.54. The van der Waals surface area contributed by atoms with Crippen molar-refractivity contribution in [3.8, 4) is 0 Å². The van der Waals surface area contributed by atoms with Gasteiger partial charge in [0.1, 0.15) is 5.78 Å². The van der Waals surface area contributed by atoms with Crippen LogP contribution in [0.5, 0.6) is 0 Å². The predicted molar refractivity (Wildman–Crippen MR) is 67.1 cm³/mol. The van der Waals surface area contributed by atoms with E-state index in [0.29, 0.717) is 11.9 Å². The molecule has 0 atom stereocenters. The van der Waals surface area contributed by atoms with E-state index >= 15 is 0 Å². The largest absolute Gasteiger partial charge is 0.377 e. The van der Waals surface area contributed by atoms with E-state index in [4.69, 9.17) is 4.74 Å². The summed E-state index contributed by atoms with van der Waals surface area (Å²) in [5.41, 5.74) is 0. The molecule has 0 radical (unpaired) electrons. The van der Waals surface area contributed by atoms with Gasteiger partial charge in [-0.2, -0.15) is 0 Å². The molecule has 2 fully saturated rings. The van der Waals surface area contributed by atoms with Crippen LogP contribution in [-0.4, -0.2) is 68.1 Å². The zero-order valence-corrected chi connectivity index (χ0v) is 11.0. The van der Waals surface area contributed by atoms with Gasteiger partial charge in [0.2, 0.25) is 0 Å². The van der Waals surface area contributed by atoms with Gasteiger partial charge in [0.05, 0.1) is 12.7 Å². The highest BCUT2D eigenvalue weighted by Gasteiger charge is 2.32. The SMILES string of the molecule is CC(=O)C1CC(OCCN2CCN(C)CC2)C1. The zero-order chi connectivity index (χ0) is 12.3. The summed E-state index contributed by atoms with van der Waals surface area (Å²) in [4.78, 5) is 15.9. The van der Waals surface area contributed by atoms with Gasteiger partial charge in [0, 0.05) is 38.6 Å². The molecular formula is C13H24N2O2. The van der Waals surface area contributed by atoms with Crippen molar-refractivity contribution in [2.45, 2.75) is 25.9 Å². The van der Waals surface area contributed by atoms with Crippen molar-refractivity contribution in [2.75, 3.05) is 46.4 Å². The van der Waals surface area contributed by atoms with Crippen molar-refractivity contribution >= 4 is 5.78 Å². The molecule has 0 amide bonds. The second-order valence-corrected chi connectivity index (χ2v) is 5.42. The van der Waals surface area contributed by atoms with Gasteiger partial charge in [-0.3, -0.25) is 9.69 Å². The Bertz CT molecular complexity index is 256. The van der Waals surface area contributed by atoms with Crippen molar-refractivity contribution in [1.29, 1.82) is 0 Å². The molecule has 0 N–H and O–H groups in total. The average molecular weight is 240 g/mol. The van der Waals surface area contributed by atoms with Gasteiger partial charge in [0.15, 0.2) is 0 Å². The molecule has 0 aromatic rings. The van der Waals surface area contributed by atoms with E-state index in [1.54, 1.807) is 6.92 Å². The van der Waals surface area contributed by atoms with Gasteiger partial charge in [-0.1, -0.05) is 0 Å². The number of ketones is 1. The van der Waals surface area contributed by atoms with E-state index in [-0.39, 0.29) is 5.92 Å². The standard InChI is InChI=1S/C13H24N2O2/c1-11(16)12-9-13(10-12)17-8-7-15-5-3-14(2)4-6-15/h12-13H,3-10H2,1-2H3. The summed E-state index contributed by atoms with van der Waals surface area (Å²) in [6, 6.07) is 0. The van der Waals surface area contributed by atoms with E-state index in [9.17, 15) is 4.79 Å². The number of ether oxygens (including phenoxy) is 1. The first kappa shape index (κ1) is 13.0. The quantitative estimate of drug-likeness (QED) is 0.705. The second kappa shape index (κ2) is 5.94. The summed E-state index contributed by atoms with van der Waals surface area (Å²) in [7, 11) is 2.17. The first-order valence-corrected chi connectivity index (χ1v) is 6.68. The predicted octanol–water partition coefficient (Wildman–Crippen LogP) is 0.618. The number of carbonyl (C=O) groups is 1. The highest BCUT2D eigenvalue weighted by atomic mass is 16.5. The molecule has 0 bridgehead atoms. The molecule has 1 saturated heterocycles. The maximum absolute atomic E-state index is 11.1. The first-order valence-electron chi connectivity index (χ1n) is 6.68. The maximum Gasteiger partial charge on any atom is 0.133 e. The lowest BCUT2D eigenvalue weighted by Gasteiger charge is -2.35. The van der Waals surface area contributed by atoms with Crippen LogP contribution in [0.25, 0.3) is 0 Å². The number of piperazine rings is 1. The maximum atomic E-state index is 11.1. The topological polar surface area (TPSA) is 32.8 Å². The minimum absolute atomic E-state index is 0.281. The molecule has 4 heteroatoms. The van der Waals surface area contributed by atoms with Gasteiger partial charge in [0.25, 0.3) is 0 Å². The summed E-state index contributed by atoms with van der Waals surface area (Å²) in [6.45, 7) is 8.17. The average Bonchev–Trinajstić information content (AvgIpc) is 2.23. The van der Waals surface area contributed by atoms with Crippen LogP contribution in [-0.2, 0) is 9.53 Å². The summed E-state index contributed by atoms with van der Waals surface area (Å²) in [5.74, 6) is 0.604. The van der Waals surface area contributed by atoms with Crippen LogP contribution in [0.15, 0.2) is 0 Å². The summed E-state index contributed by atoms with van der Waals surface area (Å²) < 4.78 is 5.78. The number of hydrogen-bond donors (Lipinski definition) is 0. The molecule has 2 rings (SSSR count). The summed E-state index contributed by atoms with van der Waals surface area (Å²) >= 11 is 0. The fourth-order valence-electron chi connectivity index (χ4n) is 2.45. The fourth-order valence-corrected chi connectivity index (χ4v) is 2.45. The van der Waals surface area contributed by atoms with E-state index in [0.717, 1.165) is 52.2 Å². The monoisotopic (exact) mass is 240 g/mol. The normalized spacial score (nSPS) is 31.2. The second-order valence-electron chi connectivity index (χ2n) is 5.42. The third-order valence-corrected chi connectivity index (χ3v) is 4.03. The van der Waals surface area contributed by atoms with E-state index in [1.165, 1.54) is 0 Å². The molecule has 1 aliphatic heterocycles. The molecule has 1 aliphatic carbocycles. The molecule has 1 saturated carbocycles. The molecule has 0 spiro atoms. The number of rotatable bonds is 5. The lowest BCUT2D eigenvalue weighted by atomic mass is 9.80. The molecular weight excluding hydrogens is 216 g/mol. The Balaban J connectivity index is 1.51. The third-order valence-electron chi connectivity index (χ3n) is 4.03. The molecule has 4 nitrogen and oxygen atoms in total. The van der Waals surface area contributed by atoms with Gasteiger partial charge < -0.3 is 9.64 Å². The number of hydrogen-bond acceptors (Lipinski definition) is 4. The van der Waals surface area contributed by atoms with Crippen LogP contribution >= 0.6 is 0 Å². The van der Waals surface area contributed by atoms with E-state index in [2.05, 4.69) is 16.8 Å². The Hall–Kier alpha value is -0.450. The lowest BCUT2D eigenvalue weighted by molar-refractivity contribution is -0.129.